The molecule has 0 aliphatic carbocycles. The second-order valence-corrected chi connectivity index (χ2v) is 10.5. The van der Waals surface area contributed by atoms with E-state index < -0.39 is 16.0 Å². The average molecular weight is 537 g/mol. The van der Waals surface area contributed by atoms with Crippen LogP contribution in [-0.2, 0) is 10.0 Å². The summed E-state index contributed by atoms with van der Waals surface area (Å²) in [5, 5.41) is 10.2. The number of fused-ring (bicyclic) bond motifs is 1. The van der Waals surface area contributed by atoms with Crippen LogP contribution < -0.4 is 19.3 Å². The lowest BCUT2D eigenvalue weighted by atomic mass is 10.1. The first kappa shape index (κ1) is 25.3. The van der Waals surface area contributed by atoms with Gasteiger partial charge in [0, 0.05) is 37.3 Å². The van der Waals surface area contributed by atoms with E-state index in [-0.39, 0.29) is 22.0 Å². The number of carbonyl (C=O) groups is 1. The third-order valence-corrected chi connectivity index (χ3v) is 7.84. The summed E-state index contributed by atoms with van der Waals surface area (Å²) in [5.41, 5.74) is 1.18. The number of pyridine rings is 1. The fourth-order valence-electron chi connectivity index (χ4n) is 4.47. The Morgan fingerprint density at radius 1 is 0.974 bits per heavy atom. The topological polar surface area (TPSA) is 112 Å². The number of halogens is 1. The molecule has 0 unspecified atom stereocenters. The molecular formula is C27H25FN4O5S. The third kappa shape index (κ3) is 5.05. The van der Waals surface area contributed by atoms with E-state index in [1.165, 1.54) is 37.4 Å². The Morgan fingerprint density at radius 2 is 1.66 bits per heavy atom. The van der Waals surface area contributed by atoms with Gasteiger partial charge < -0.3 is 19.6 Å². The lowest BCUT2D eigenvalue weighted by Gasteiger charge is -2.37. The summed E-state index contributed by atoms with van der Waals surface area (Å²) < 4.78 is 47.5. The van der Waals surface area contributed by atoms with E-state index in [4.69, 9.17) is 4.74 Å². The molecule has 0 saturated carbocycles. The number of carboxylic acids is 1. The predicted octanol–water partition coefficient (Wildman–Crippen LogP) is 4.21. The first-order chi connectivity index (χ1) is 18.2. The molecule has 1 aromatic heterocycles. The Kier molecular flexibility index (Phi) is 6.77. The van der Waals surface area contributed by atoms with E-state index in [1.54, 1.807) is 42.5 Å². The zero-order valence-corrected chi connectivity index (χ0v) is 21.3. The number of piperazine rings is 1. The number of hydrogen-bond donors (Lipinski definition) is 2. The van der Waals surface area contributed by atoms with Gasteiger partial charge in [0.2, 0.25) is 0 Å². The van der Waals surface area contributed by atoms with Gasteiger partial charge in [-0.05, 0) is 60.7 Å². The Hall–Kier alpha value is -4.38. The second-order valence-electron chi connectivity index (χ2n) is 8.77. The monoisotopic (exact) mass is 536 g/mol. The maximum Gasteiger partial charge on any atom is 0.336 e. The first-order valence-electron chi connectivity index (χ1n) is 11.8. The van der Waals surface area contributed by atoms with Crippen LogP contribution in [0.25, 0.3) is 10.9 Å². The van der Waals surface area contributed by atoms with Gasteiger partial charge in [0.25, 0.3) is 10.0 Å². The first-order valence-corrected chi connectivity index (χ1v) is 13.3. The van der Waals surface area contributed by atoms with Crippen molar-refractivity contribution in [2.45, 2.75) is 4.90 Å². The van der Waals surface area contributed by atoms with E-state index in [1.807, 2.05) is 9.80 Å². The lowest BCUT2D eigenvalue weighted by Crippen LogP contribution is -2.47. The van der Waals surface area contributed by atoms with E-state index >= 15 is 0 Å². The normalized spacial score (nSPS) is 13.9. The number of nitrogens with zero attached hydrogens (tertiary/aromatic N) is 3. The van der Waals surface area contributed by atoms with Gasteiger partial charge in [-0.15, -0.1) is 0 Å². The van der Waals surface area contributed by atoms with Crippen LogP contribution in [-0.4, -0.2) is 57.8 Å². The summed E-state index contributed by atoms with van der Waals surface area (Å²) in [4.78, 5) is 20.8. The molecule has 0 amide bonds. The minimum Gasteiger partial charge on any atom is -0.497 e. The smallest absolute Gasteiger partial charge is 0.336 e. The third-order valence-electron chi connectivity index (χ3n) is 6.44. The van der Waals surface area contributed by atoms with Crippen molar-refractivity contribution in [3.8, 4) is 5.75 Å². The van der Waals surface area contributed by atoms with Crippen LogP contribution in [0, 0.1) is 5.82 Å². The molecule has 9 nitrogen and oxygen atoms in total. The number of anilines is 3. The molecule has 4 aromatic rings. The summed E-state index contributed by atoms with van der Waals surface area (Å²) in [5.74, 6) is -0.416. The predicted molar refractivity (Wildman–Crippen MR) is 143 cm³/mol. The molecule has 11 heteroatoms. The van der Waals surface area contributed by atoms with Gasteiger partial charge in [0.15, 0.2) is 0 Å². The number of benzene rings is 3. The van der Waals surface area contributed by atoms with Crippen molar-refractivity contribution in [2.75, 3.05) is 47.8 Å². The summed E-state index contributed by atoms with van der Waals surface area (Å²) in [6.07, 6.45) is 0. The molecule has 2 N–H and O–H groups in total. The number of carboxylic acid groups (broad SMARTS) is 1. The minimum absolute atomic E-state index is 0.00651. The van der Waals surface area contributed by atoms with Crippen molar-refractivity contribution < 1.29 is 27.4 Å². The number of ether oxygens (including phenoxy) is 1. The van der Waals surface area contributed by atoms with Crippen molar-refractivity contribution in [3.63, 3.8) is 0 Å². The second kappa shape index (κ2) is 10.2. The Morgan fingerprint density at radius 3 is 2.32 bits per heavy atom. The fraction of sp³-hybridized carbons (Fsp3) is 0.185. The Bertz CT molecular complexity index is 1600. The highest BCUT2D eigenvalue weighted by Crippen LogP contribution is 2.29. The highest BCUT2D eigenvalue weighted by atomic mass is 32.2. The van der Waals surface area contributed by atoms with Gasteiger partial charge in [0.05, 0.1) is 28.8 Å². The van der Waals surface area contributed by atoms with Crippen molar-refractivity contribution in [3.05, 3.63) is 84.2 Å². The zero-order valence-electron chi connectivity index (χ0n) is 20.5. The number of hydrogen-bond acceptors (Lipinski definition) is 7. The van der Waals surface area contributed by atoms with Gasteiger partial charge in [-0.2, -0.15) is 0 Å². The molecule has 0 atom stereocenters. The molecule has 1 aliphatic rings. The molecule has 2 heterocycles. The molecule has 1 aliphatic heterocycles. The standard InChI is InChI=1S/C27H25FN4O5S/c1-37-19-7-9-20(10-8-19)38(35,36)30-18-6-11-24-21(16-18)22(27(33)34)17-26(29-24)32-14-12-31(13-15-32)25-5-3-2-4-23(25)28/h2-11,16-17,30H,12-15H2,1H3,(H,33,34). The molecule has 1 fully saturated rings. The maximum absolute atomic E-state index is 14.2. The molecule has 0 radical (unpaired) electrons. The molecule has 196 valence electrons. The molecule has 5 rings (SSSR count). The number of aromatic nitrogens is 1. The average Bonchev–Trinajstić information content (AvgIpc) is 2.92. The van der Waals surface area contributed by atoms with Gasteiger partial charge in [-0.25, -0.2) is 22.6 Å². The Labute approximate surface area is 219 Å². The molecule has 0 bridgehead atoms. The van der Waals surface area contributed by atoms with Gasteiger partial charge in [0.1, 0.15) is 17.4 Å². The van der Waals surface area contributed by atoms with Gasteiger partial charge >= 0.3 is 5.97 Å². The van der Waals surface area contributed by atoms with Crippen LogP contribution in [0.15, 0.2) is 77.7 Å². The van der Waals surface area contributed by atoms with Crippen LogP contribution in [0.3, 0.4) is 0 Å². The highest BCUT2D eigenvalue weighted by molar-refractivity contribution is 7.92. The molecular weight excluding hydrogens is 511 g/mol. The molecule has 0 spiro atoms. The summed E-state index contributed by atoms with van der Waals surface area (Å²) >= 11 is 0. The van der Waals surface area contributed by atoms with Crippen LogP contribution in [0.2, 0.25) is 0 Å². The van der Waals surface area contributed by atoms with Crippen LogP contribution >= 0.6 is 0 Å². The molecule has 3 aromatic carbocycles. The molecule has 1 saturated heterocycles. The fourth-order valence-corrected chi connectivity index (χ4v) is 5.52. The van der Waals surface area contributed by atoms with Crippen LogP contribution in [0.1, 0.15) is 10.4 Å². The summed E-state index contributed by atoms with van der Waals surface area (Å²) in [6, 6.07) is 18.6. The van der Waals surface area contributed by atoms with Crippen molar-refractivity contribution in [2.24, 2.45) is 0 Å². The van der Waals surface area contributed by atoms with Crippen molar-refractivity contribution in [1.29, 1.82) is 0 Å². The van der Waals surface area contributed by atoms with E-state index in [2.05, 4.69) is 9.71 Å². The summed E-state index contributed by atoms with van der Waals surface area (Å²) in [6.45, 7) is 2.17. The number of nitrogens with one attached hydrogen (secondary N) is 1. The summed E-state index contributed by atoms with van der Waals surface area (Å²) in [7, 11) is -2.42. The quantitative estimate of drug-likeness (QED) is 0.361. The number of aromatic carboxylic acids is 1. The van der Waals surface area contributed by atoms with Crippen molar-refractivity contribution in [1.82, 2.24) is 4.98 Å². The largest absolute Gasteiger partial charge is 0.497 e. The SMILES string of the molecule is COc1ccc(S(=O)(=O)Nc2ccc3nc(N4CCN(c5ccccc5F)CC4)cc(C(=O)O)c3c2)cc1. The van der Waals surface area contributed by atoms with E-state index in [9.17, 15) is 22.7 Å². The van der Waals surface area contributed by atoms with Crippen LogP contribution in [0.4, 0.5) is 21.6 Å². The van der Waals surface area contributed by atoms with Crippen molar-refractivity contribution >= 4 is 44.1 Å². The number of para-hydroxylation sites is 1. The minimum atomic E-state index is -3.91. The van der Waals surface area contributed by atoms with Gasteiger partial charge in [-0.1, -0.05) is 12.1 Å². The number of methoxy groups -OCH3 is 1. The zero-order chi connectivity index (χ0) is 26.9. The lowest BCUT2D eigenvalue weighted by molar-refractivity contribution is 0.0699. The maximum atomic E-state index is 14.2. The number of rotatable bonds is 7. The number of sulfonamides is 1. The Balaban J connectivity index is 1.40. The van der Waals surface area contributed by atoms with E-state index in [0.717, 1.165) is 0 Å². The highest BCUT2D eigenvalue weighted by Gasteiger charge is 2.23. The van der Waals surface area contributed by atoms with Gasteiger partial charge in [-0.3, -0.25) is 4.72 Å². The van der Waals surface area contributed by atoms with E-state index in [0.29, 0.717) is 54.3 Å². The van der Waals surface area contributed by atoms with Crippen LogP contribution in [0.5, 0.6) is 5.75 Å². The molecule has 38 heavy (non-hydrogen) atoms.